The van der Waals surface area contributed by atoms with Crippen molar-refractivity contribution in [3.8, 4) is 6.07 Å². The van der Waals surface area contributed by atoms with E-state index in [1.807, 2.05) is 6.07 Å². The maximum atomic E-state index is 13.1. The third-order valence-corrected chi connectivity index (χ3v) is 5.23. The van der Waals surface area contributed by atoms with Gasteiger partial charge < -0.3 is 5.73 Å². The highest BCUT2D eigenvalue weighted by Crippen LogP contribution is 2.50. The number of nitrogens with zero attached hydrogens (tertiary/aromatic N) is 1. The van der Waals surface area contributed by atoms with Crippen LogP contribution in [0.1, 0.15) is 19.3 Å². The molecule has 1 aromatic rings. The fourth-order valence-corrected chi connectivity index (χ4v) is 4.05. The van der Waals surface area contributed by atoms with Crippen LogP contribution in [-0.2, 0) is 9.84 Å². The summed E-state index contributed by atoms with van der Waals surface area (Å²) in [6.07, 6.45) is 1.64. The molecule has 1 aliphatic carbocycles. The van der Waals surface area contributed by atoms with Gasteiger partial charge in [-0.2, -0.15) is 5.26 Å². The molecule has 0 spiro atoms. The number of sulfone groups is 1. The van der Waals surface area contributed by atoms with Gasteiger partial charge in [0, 0.05) is 6.42 Å². The standard InChI is InChI=1S/C12H13FN2O2S/c13-9-1-2-10(15)11(7-9)18(16,17)8-12(3-4-12)5-6-14/h1-2,7H,3-5,8,15H2. The molecule has 0 heterocycles. The van der Waals surface area contributed by atoms with E-state index in [9.17, 15) is 12.8 Å². The van der Waals surface area contributed by atoms with Crippen LogP contribution in [0.3, 0.4) is 0 Å². The van der Waals surface area contributed by atoms with E-state index in [1.54, 1.807) is 0 Å². The first-order chi connectivity index (χ1) is 8.38. The first-order valence-electron chi connectivity index (χ1n) is 5.53. The maximum absolute atomic E-state index is 13.1. The summed E-state index contributed by atoms with van der Waals surface area (Å²) in [5.41, 5.74) is 5.17. The molecule has 0 bridgehead atoms. The molecule has 6 heteroatoms. The molecular weight excluding hydrogens is 255 g/mol. The second-order valence-corrected chi connectivity index (χ2v) is 6.73. The zero-order valence-corrected chi connectivity index (χ0v) is 10.5. The molecule has 0 aromatic heterocycles. The SMILES string of the molecule is N#CCC1(CS(=O)(=O)c2cc(F)ccc2N)CC1. The predicted molar refractivity (Wildman–Crippen MR) is 64.8 cm³/mol. The van der Waals surface area contributed by atoms with Crippen molar-refractivity contribution in [2.24, 2.45) is 5.41 Å². The summed E-state index contributed by atoms with van der Waals surface area (Å²) >= 11 is 0. The Balaban J connectivity index is 2.32. The van der Waals surface area contributed by atoms with Crippen LogP contribution in [0.15, 0.2) is 23.1 Å². The molecule has 0 atom stereocenters. The summed E-state index contributed by atoms with van der Waals surface area (Å²) in [5, 5.41) is 8.68. The lowest BCUT2D eigenvalue weighted by atomic mass is 10.1. The highest BCUT2D eigenvalue weighted by atomic mass is 32.2. The molecule has 0 radical (unpaired) electrons. The number of rotatable bonds is 4. The zero-order valence-electron chi connectivity index (χ0n) is 9.69. The molecular formula is C12H13FN2O2S. The van der Waals surface area contributed by atoms with E-state index in [-0.39, 0.29) is 22.8 Å². The minimum atomic E-state index is -3.65. The Bertz CT molecular complexity index is 615. The minimum Gasteiger partial charge on any atom is -0.398 e. The fourth-order valence-electron chi connectivity index (χ4n) is 1.98. The number of hydrogen-bond acceptors (Lipinski definition) is 4. The number of nitrogens with two attached hydrogens (primary N) is 1. The van der Waals surface area contributed by atoms with Crippen LogP contribution in [0.4, 0.5) is 10.1 Å². The topological polar surface area (TPSA) is 84.0 Å². The van der Waals surface area contributed by atoms with E-state index in [0.29, 0.717) is 0 Å². The Kier molecular flexibility index (Phi) is 3.03. The van der Waals surface area contributed by atoms with Gasteiger partial charge >= 0.3 is 0 Å². The lowest BCUT2D eigenvalue weighted by Gasteiger charge is -2.13. The van der Waals surface area contributed by atoms with Crippen molar-refractivity contribution in [2.75, 3.05) is 11.5 Å². The molecule has 96 valence electrons. The van der Waals surface area contributed by atoms with E-state index in [1.165, 1.54) is 6.07 Å². The average molecular weight is 268 g/mol. The van der Waals surface area contributed by atoms with Crippen LogP contribution in [0.25, 0.3) is 0 Å². The number of nitrogen functional groups attached to an aromatic ring is 1. The monoisotopic (exact) mass is 268 g/mol. The smallest absolute Gasteiger partial charge is 0.181 e. The molecule has 2 N–H and O–H groups in total. The first kappa shape index (κ1) is 12.8. The molecule has 0 amide bonds. The molecule has 1 aromatic carbocycles. The van der Waals surface area contributed by atoms with E-state index >= 15 is 0 Å². The minimum absolute atomic E-state index is 0.0455. The summed E-state index contributed by atoms with van der Waals surface area (Å²) in [5.74, 6) is -0.769. The first-order valence-corrected chi connectivity index (χ1v) is 7.19. The van der Waals surface area contributed by atoms with Gasteiger partial charge in [0.2, 0.25) is 0 Å². The molecule has 2 rings (SSSR count). The lowest BCUT2D eigenvalue weighted by Crippen LogP contribution is -2.18. The summed E-state index contributed by atoms with van der Waals surface area (Å²) in [7, 11) is -3.65. The third-order valence-electron chi connectivity index (χ3n) is 3.22. The number of halogens is 1. The van der Waals surface area contributed by atoms with Crippen molar-refractivity contribution in [3.05, 3.63) is 24.0 Å². The van der Waals surface area contributed by atoms with Gasteiger partial charge in [0.15, 0.2) is 9.84 Å². The fraction of sp³-hybridized carbons (Fsp3) is 0.417. The van der Waals surface area contributed by atoms with Gasteiger partial charge in [0.05, 0.1) is 22.4 Å². The van der Waals surface area contributed by atoms with Crippen LogP contribution in [0.2, 0.25) is 0 Å². The van der Waals surface area contributed by atoms with Crippen LogP contribution >= 0.6 is 0 Å². The summed E-state index contributed by atoms with van der Waals surface area (Å²) in [4.78, 5) is -0.174. The Morgan fingerprint density at radius 1 is 1.44 bits per heavy atom. The van der Waals surface area contributed by atoms with Crippen molar-refractivity contribution in [3.63, 3.8) is 0 Å². The van der Waals surface area contributed by atoms with Crippen molar-refractivity contribution in [1.82, 2.24) is 0 Å². The lowest BCUT2D eigenvalue weighted by molar-refractivity contribution is 0.547. The second-order valence-electron chi connectivity index (χ2n) is 4.78. The molecule has 0 saturated heterocycles. The molecule has 1 aliphatic rings. The van der Waals surface area contributed by atoms with Gasteiger partial charge in [0.1, 0.15) is 5.82 Å². The molecule has 18 heavy (non-hydrogen) atoms. The number of nitriles is 1. The molecule has 0 aliphatic heterocycles. The van der Waals surface area contributed by atoms with Gasteiger partial charge in [-0.05, 0) is 36.5 Å². The van der Waals surface area contributed by atoms with E-state index in [4.69, 9.17) is 11.0 Å². The Hall–Kier alpha value is -1.61. The Morgan fingerprint density at radius 2 is 2.11 bits per heavy atom. The van der Waals surface area contributed by atoms with Crippen molar-refractivity contribution >= 4 is 15.5 Å². The van der Waals surface area contributed by atoms with Gasteiger partial charge in [-0.3, -0.25) is 0 Å². The van der Waals surface area contributed by atoms with Crippen LogP contribution in [0, 0.1) is 22.6 Å². The maximum Gasteiger partial charge on any atom is 0.181 e. The van der Waals surface area contributed by atoms with E-state index in [2.05, 4.69) is 0 Å². The molecule has 4 nitrogen and oxygen atoms in total. The zero-order chi connectivity index (χ0) is 13.4. The number of benzene rings is 1. The van der Waals surface area contributed by atoms with E-state index in [0.717, 1.165) is 25.0 Å². The van der Waals surface area contributed by atoms with E-state index < -0.39 is 21.1 Å². The number of hydrogen-bond donors (Lipinski definition) is 1. The normalized spacial score (nSPS) is 17.1. The van der Waals surface area contributed by atoms with Crippen LogP contribution in [-0.4, -0.2) is 14.2 Å². The summed E-state index contributed by atoms with van der Waals surface area (Å²) in [6.45, 7) is 0. The largest absolute Gasteiger partial charge is 0.398 e. The summed E-state index contributed by atoms with van der Waals surface area (Å²) < 4.78 is 37.5. The quantitative estimate of drug-likeness (QED) is 0.845. The highest BCUT2D eigenvalue weighted by Gasteiger charge is 2.46. The summed E-state index contributed by atoms with van der Waals surface area (Å²) in [6, 6.07) is 5.30. The Labute approximate surface area is 105 Å². The predicted octanol–water partition coefficient (Wildman–Crippen LogP) is 1.88. The van der Waals surface area contributed by atoms with Gasteiger partial charge in [-0.25, -0.2) is 12.8 Å². The van der Waals surface area contributed by atoms with Gasteiger partial charge in [-0.1, -0.05) is 0 Å². The van der Waals surface area contributed by atoms with Crippen molar-refractivity contribution in [1.29, 1.82) is 5.26 Å². The van der Waals surface area contributed by atoms with Crippen LogP contribution in [0.5, 0.6) is 0 Å². The van der Waals surface area contributed by atoms with Crippen molar-refractivity contribution < 1.29 is 12.8 Å². The third kappa shape index (κ3) is 2.46. The van der Waals surface area contributed by atoms with Crippen molar-refractivity contribution in [2.45, 2.75) is 24.2 Å². The Morgan fingerprint density at radius 3 is 2.67 bits per heavy atom. The second kappa shape index (κ2) is 4.25. The van der Waals surface area contributed by atoms with Crippen LogP contribution < -0.4 is 5.73 Å². The molecule has 1 fully saturated rings. The molecule has 0 unspecified atom stereocenters. The molecule has 1 saturated carbocycles. The average Bonchev–Trinajstić information content (AvgIpc) is 3.01. The van der Waals surface area contributed by atoms with Gasteiger partial charge in [-0.15, -0.1) is 0 Å². The highest BCUT2D eigenvalue weighted by molar-refractivity contribution is 7.91. The van der Waals surface area contributed by atoms with Gasteiger partial charge in [0.25, 0.3) is 0 Å². The number of anilines is 1.